The lowest BCUT2D eigenvalue weighted by Gasteiger charge is -2.31. The number of piperidine rings is 1. The molecular formula is C12H15F2N3O2. The minimum atomic E-state index is -1.20. The van der Waals surface area contributed by atoms with E-state index in [1.54, 1.807) is 0 Å². The van der Waals surface area contributed by atoms with Gasteiger partial charge in [-0.05, 0) is 32.4 Å². The molecule has 1 heterocycles. The number of rotatable bonds is 3. The molecule has 0 aliphatic carbocycles. The van der Waals surface area contributed by atoms with E-state index in [0.717, 1.165) is 31.5 Å². The number of nitrogens with zero attached hydrogens (tertiary/aromatic N) is 1. The van der Waals surface area contributed by atoms with Crippen molar-refractivity contribution >= 4 is 11.4 Å². The Labute approximate surface area is 109 Å². The third kappa shape index (κ3) is 2.81. The first-order chi connectivity index (χ1) is 9.00. The Hall–Kier alpha value is -1.76. The van der Waals surface area contributed by atoms with Gasteiger partial charge in [0.2, 0.25) is 0 Å². The second-order valence-electron chi connectivity index (χ2n) is 4.65. The first kappa shape index (κ1) is 13.7. The van der Waals surface area contributed by atoms with E-state index in [1.807, 2.05) is 6.92 Å². The van der Waals surface area contributed by atoms with Crippen molar-refractivity contribution in [1.29, 1.82) is 0 Å². The minimum Gasteiger partial charge on any atom is -0.373 e. The third-order valence-corrected chi connectivity index (χ3v) is 3.36. The zero-order valence-corrected chi connectivity index (χ0v) is 10.5. The van der Waals surface area contributed by atoms with Crippen molar-refractivity contribution in [2.45, 2.75) is 31.8 Å². The number of benzene rings is 1. The summed E-state index contributed by atoms with van der Waals surface area (Å²) in [5, 5.41) is 16.8. The van der Waals surface area contributed by atoms with E-state index in [4.69, 9.17) is 0 Å². The van der Waals surface area contributed by atoms with Crippen molar-refractivity contribution in [3.8, 4) is 0 Å². The third-order valence-electron chi connectivity index (χ3n) is 3.36. The standard InChI is InChI=1S/C12H15F2N3O2/c1-7-9(3-2-6-15-7)16-12-10(17(18)19)5-4-8(13)11(12)14/h4-5,7,9,15-16H,2-3,6H2,1H3. The number of halogens is 2. The molecule has 2 unspecified atom stereocenters. The molecule has 0 radical (unpaired) electrons. The van der Waals surface area contributed by atoms with E-state index in [1.165, 1.54) is 0 Å². The quantitative estimate of drug-likeness (QED) is 0.654. The maximum atomic E-state index is 13.7. The molecule has 2 atom stereocenters. The number of nitro groups is 1. The van der Waals surface area contributed by atoms with Crippen LogP contribution in [-0.2, 0) is 0 Å². The molecule has 1 aliphatic rings. The monoisotopic (exact) mass is 271 g/mol. The minimum absolute atomic E-state index is 0.0380. The van der Waals surface area contributed by atoms with Gasteiger partial charge in [-0.3, -0.25) is 10.1 Å². The molecule has 1 aromatic carbocycles. The van der Waals surface area contributed by atoms with Crippen molar-refractivity contribution in [2.75, 3.05) is 11.9 Å². The van der Waals surface area contributed by atoms with Gasteiger partial charge in [-0.1, -0.05) is 0 Å². The fraction of sp³-hybridized carbons (Fsp3) is 0.500. The van der Waals surface area contributed by atoms with Crippen LogP contribution in [0.4, 0.5) is 20.2 Å². The Bertz CT molecular complexity index is 496. The molecule has 7 heteroatoms. The van der Waals surface area contributed by atoms with Crippen LogP contribution in [0, 0.1) is 21.7 Å². The Balaban J connectivity index is 2.32. The predicted molar refractivity (Wildman–Crippen MR) is 67.1 cm³/mol. The summed E-state index contributed by atoms with van der Waals surface area (Å²) >= 11 is 0. The zero-order valence-electron chi connectivity index (χ0n) is 10.5. The Morgan fingerprint density at radius 3 is 2.84 bits per heavy atom. The van der Waals surface area contributed by atoms with Crippen molar-refractivity contribution < 1.29 is 13.7 Å². The SMILES string of the molecule is CC1NCCCC1Nc1c([N+](=O)[O-])ccc(F)c1F. The van der Waals surface area contributed by atoms with Gasteiger partial charge in [-0.25, -0.2) is 8.78 Å². The smallest absolute Gasteiger partial charge is 0.295 e. The lowest BCUT2D eigenvalue weighted by molar-refractivity contribution is -0.384. The highest BCUT2D eigenvalue weighted by molar-refractivity contribution is 5.63. The molecule has 2 rings (SSSR count). The van der Waals surface area contributed by atoms with Crippen LogP contribution in [0.1, 0.15) is 19.8 Å². The number of hydrogen-bond donors (Lipinski definition) is 2. The van der Waals surface area contributed by atoms with Crippen LogP contribution < -0.4 is 10.6 Å². The maximum absolute atomic E-state index is 13.7. The average molecular weight is 271 g/mol. The van der Waals surface area contributed by atoms with Crippen LogP contribution in [-0.4, -0.2) is 23.6 Å². The lowest BCUT2D eigenvalue weighted by Crippen LogP contribution is -2.46. The van der Waals surface area contributed by atoms with Crippen molar-refractivity contribution in [2.24, 2.45) is 0 Å². The Morgan fingerprint density at radius 1 is 1.47 bits per heavy atom. The molecule has 5 nitrogen and oxygen atoms in total. The molecule has 2 N–H and O–H groups in total. The lowest BCUT2D eigenvalue weighted by atomic mass is 9.99. The fourth-order valence-electron chi connectivity index (χ4n) is 2.26. The van der Waals surface area contributed by atoms with E-state index in [2.05, 4.69) is 10.6 Å². The second kappa shape index (κ2) is 5.48. The first-order valence-electron chi connectivity index (χ1n) is 6.13. The molecule has 0 amide bonds. The maximum Gasteiger partial charge on any atom is 0.295 e. The number of hydrogen-bond acceptors (Lipinski definition) is 4. The van der Waals surface area contributed by atoms with Crippen LogP contribution in [0.5, 0.6) is 0 Å². The predicted octanol–water partition coefficient (Wildman–Crippen LogP) is 2.43. The van der Waals surface area contributed by atoms with Gasteiger partial charge >= 0.3 is 0 Å². The van der Waals surface area contributed by atoms with Gasteiger partial charge in [0.1, 0.15) is 0 Å². The van der Waals surface area contributed by atoms with Gasteiger partial charge in [0.15, 0.2) is 17.3 Å². The molecule has 0 saturated carbocycles. The number of anilines is 1. The molecule has 0 aromatic heterocycles. The molecule has 1 fully saturated rings. The molecule has 104 valence electrons. The van der Waals surface area contributed by atoms with E-state index < -0.39 is 22.2 Å². The first-order valence-corrected chi connectivity index (χ1v) is 6.13. The molecule has 0 bridgehead atoms. The van der Waals surface area contributed by atoms with Crippen molar-refractivity contribution in [1.82, 2.24) is 5.32 Å². The van der Waals surface area contributed by atoms with Crippen molar-refractivity contribution in [3.63, 3.8) is 0 Å². The number of nitrogens with one attached hydrogen (secondary N) is 2. The molecular weight excluding hydrogens is 256 g/mol. The molecule has 1 aromatic rings. The van der Waals surface area contributed by atoms with Crippen LogP contribution in [0.2, 0.25) is 0 Å². The summed E-state index contributed by atoms with van der Waals surface area (Å²) in [6, 6.07) is 1.61. The van der Waals surface area contributed by atoms with Gasteiger partial charge in [-0.2, -0.15) is 0 Å². The summed E-state index contributed by atoms with van der Waals surface area (Å²) in [5.74, 6) is -2.29. The van der Waals surface area contributed by atoms with E-state index >= 15 is 0 Å². The highest BCUT2D eigenvalue weighted by atomic mass is 19.2. The highest BCUT2D eigenvalue weighted by Crippen LogP contribution is 2.30. The zero-order chi connectivity index (χ0) is 14.0. The van der Waals surface area contributed by atoms with Gasteiger partial charge in [-0.15, -0.1) is 0 Å². The molecule has 1 saturated heterocycles. The fourth-order valence-corrected chi connectivity index (χ4v) is 2.26. The summed E-state index contributed by atoms with van der Waals surface area (Å²) < 4.78 is 27.0. The van der Waals surface area contributed by atoms with Gasteiger partial charge in [0.25, 0.3) is 5.69 Å². The van der Waals surface area contributed by atoms with Crippen LogP contribution in [0.15, 0.2) is 12.1 Å². The van der Waals surface area contributed by atoms with Crippen LogP contribution >= 0.6 is 0 Å². The number of nitro benzene ring substituents is 1. The van der Waals surface area contributed by atoms with Crippen molar-refractivity contribution in [3.05, 3.63) is 33.9 Å². The van der Waals surface area contributed by atoms with Gasteiger partial charge in [0.05, 0.1) is 4.92 Å². The summed E-state index contributed by atoms with van der Waals surface area (Å²) in [6.45, 7) is 2.76. The summed E-state index contributed by atoms with van der Waals surface area (Å²) in [4.78, 5) is 10.2. The van der Waals surface area contributed by atoms with Crippen LogP contribution in [0.25, 0.3) is 0 Å². The van der Waals surface area contributed by atoms with Gasteiger partial charge < -0.3 is 10.6 Å². The largest absolute Gasteiger partial charge is 0.373 e. The second-order valence-corrected chi connectivity index (χ2v) is 4.65. The molecule has 1 aliphatic heterocycles. The van der Waals surface area contributed by atoms with E-state index in [0.29, 0.717) is 0 Å². The summed E-state index contributed by atoms with van der Waals surface area (Å²) in [5.41, 5.74) is -0.817. The topological polar surface area (TPSA) is 67.2 Å². The highest BCUT2D eigenvalue weighted by Gasteiger charge is 2.27. The Kier molecular flexibility index (Phi) is 3.94. The molecule has 0 spiro atoms. The van der Waals surface area contributed by atoms with E-state index in [-0.39, 0.29) is 17.8 Å². The molecule has 19 heavy (non-hydrogen) atoms. The Morgan fingerprint density at radius 2 is 2.21 bits per heavy atom. The normalized spacial score (nSPS) is 23.1. The van der Waals surface area contributed by atoms with E-state index in [9.17, 15) is 18.9 Å². The summed E-state index contributed by atoms with van der Waals surface area (Å²) in [7, 11) is 0. The van der Waals surface area contributed by atoms with Gasteiger partial charge in [0, 0.05) is 18.2 Å². The average Bonchev–Trinajstić information content (AvgIpc) is 2.37. The summed E-state index contributed by atoms with van der Waals surface area (Å²) in [6.07, 6.45) is 1.63. The van der Waals surface area contributed by atoms with Crippen LogP contribution in [0.3, 0.4) is 0 Å².